The largest absolute Gasteiger partial charge is 0.494 e. The average molecular weight is 859 g/mol. The van der Waals surface area contributed by atoms with Crippen LogP contribution in [0.3, 0.4) is 0 Å². The molecule has 4 N–H and O–H groups in total. The first-order chi connectivity index (χ1) is 27.0. The Balaban J connectivity index is 1.28. The van der Waals surface area contributed by atoms with Crippen LogP contribution in [0.2, 0.25) is 5.02 Å². The van der Waals surface area contributed by atoms with E-state index in [1.165, 1.54) is 37.6 Å². The van der Waals surface area contributed by atoms with E-state index in [2.05, 4.69) is 31.6 Å². The van der Waals surface area contributed by atoms with Gasteiger partial charge in [0.05, 0.1) is 29.5 Å². The number of nitrogens with zero attached hydrogens (tertiary/aromatic N) is 2. The highest BCUT2D eigenvalue weighted by atomic mass is 35.5. The molecule has 3 aliphatic rings. The molecule has 3 aromatic rings. The quantitative estimate of drug-likeness (QED) is 0.166. The number of anilines is 1. The summed E-state index contributed by atoms with van der Waals surface area (Å²) in [6.45, 7) is 14.5. The van der Waals surface area contributed by atoms with E-state index in [1.807, 2.05) is 20.8 Å². The van der Waals surface area contributed by atoms with Crippen molar-refractivity contribution < 1.29 is 40.7 Å². The molecule has 0 unspecified atom stereocenters. The Labute approximate surface area is 344 Å². The number of fused-ring (bicyclic) bond motifs is 1. The zero-order valence-corrected chi connectivity index (χ0v) is 36.0. The van der Waals surface area contributed by atoms with E-state index >= 15 is 0 Å². The summed E-state index contributed by atoms with van der Waals surface area (Å²) in [6, 6.07) is 8.96. The standard InChI is InChI=1S/C40H51ClN6O9S2/c1-9-23-20-40(23,37(50)45-57(51,52)27-15-16-27)47-22-26(56-36-30-18-24(41)10-17-29(30)32(55-8)21-42-36)19-31(47)34(48)44-35(49)33(38(2,3)4)43-25-11-13-28(14-12-25)58(53,54)46-39(5,6)7/h9-14,17-18,21,23,26-27,31,33,43,46H,1,15-16,19-20,22H2,2-8H3,(H,45,50)(H,44,48,49)/t23-,26-,31+,33+,40-/m1/s1. The van der Waals surface area contributed by atoms with Crippen LogP contribution in [0.5, 0.6) is 11.6 Å². The van der Waals surface area contributed by atoms with Crippen molar-refractivity contribution in [2.45, 2.75) is 107 Å². The highest BCUT2D eigenvalue weighted by Crippen LogP contribution is 2.53. The zero-order valence-electron chi connectivity index (χ0n) is 33.6. The van der Waals surface area contributed by atoms with E-state index in [4.69, 9.17) is 21.1 Å². The van der Waals surface area contributed by atoms with Crippen molar-refractivity contribution >= 4 is 65.8 Å². The van der Waals surface area contributed by atoms with Gasteiger partial charge in [-0.05, 0) is 87.9 Å². The Kier molecular flexibility index (Phi) is 11.7. The van der Waals surface area contributed by atoms with Crippen molar-refractivity contribution in [3.63, 3.8) is 0 Å². The van der Waals surface area contributed by atoms with E-state index in [0.717, 1.165) is 0 Å². The summed E-state index contributed by atoms with van der Waals surface area (Å²) in [6.07, 6.45) is 3.41. The monoisotopic (exact) mass is 858 g/mol. The Bertz CT molecular complexity index is 2340. The molecule has 314 valence electrons. The second kappa shape index (κ2) is 15.7. The first kappa shape index (κ1) is 43.3. The molecule has 0 radical (unpaired) electrons. The van der Waals surface area contributed by atoms with Gasteiger partial charge in [-0.3, -0.25) is 29.3 Å². The van der Waals surface area contributed by atoms with Gasteiger partial charge in [0.25, 0.3) is 5.91 Å². The number of carbonyl (C=O) groups is 3. The van der Waals surface area contributed by atoms with Crippen molar-refractivity contribution in [2.75, 3.05) is 19.0 Å². The molecule has 2 heterocycles. The van der Waals surface area contributed by atoms with Crippen LogP contribution in [0, 0.1) is 11.3 Å². The molecule has 0 spiro atoms. The predicted octanol–water partition coefficient (Wildman–Crippen LogP) is 4.52. The summed E-state index contributed by atoms with van der Waals surface area (Å²) in [7, 11) is -6.24. The van der Waals surface area contributed by atoms with Gasteiger partial charge in [-0.15, -0.1) is 6.58 Å². The summed E-state index contributed by atoms with van der Waals surface area (Å²) >= 11 is 6.36. The lowest BCUT2D eigenvalue weighted by atomic mass is 9.85. The van der Waals surface area contributed by atoms with Crippen molar-refractivity contribution in [3.05, 3.63) is 66.3 Å². The van der Waals surface area contributed by atoms with Crippen molar-refractivity contribution in [1.82, 2.24) is 24.6 Å². The van der Waals surface area contributed by atoms with Crippen LogP contribution in [-0.2, 0) is 34.4 Å². The van der Waals surface area contributed by atoms with Gasteiger partial charge in [-0.2, -0.15) is 0 Å². The molecule has 2 saturated carbocycles. The van der Waals surface area contributed by atoms with Crippen LogP contribution in [0.25, 0.3) is 10.8 Å². The number of nitrogens with one attached hydrogen (secondary N) is 4. The number of benzene rings is 2. The summed E-state index contributed by atoms with van der Waals surface area (Å²) < 4.78 is 68.6. The Morgan fingerprint density at radius 2 is 1.69 bits per heavy atom. The lowest BCUT2D eigenvalue weighted by molar-refractivity contribution is -0.136. The van der Waals surface area contributed by atoms with Gasteiger partial charge in [-0.25, -0.2) is 26.5 Å². The number of imide groups is 1. The number of hydrogen-bond acceptors (Lipinski definition) is 12. The number of sulfonamides is 2. The molecule has 2 aromatic carbocycles. The lowest BCUT2D eigenvalue weighted by Gasteiger charge is -2.34. The minimum Gasteiger partial charge on any atom is -0.494 e. The number of likely N-dealkylation sites (tertiary alicyclic amines) is 1. The highest BCUT2D eigenvalue weighted by Gasteiger charge is 2.67. The molecule has 58 heavy (non-hydrogen) atoms. The summed E-state index contributed by atoms with van der Waals surface area (Å²) in [5.41, 5.74) is -2.48. The Morgan fingerprint density at radius 3 is 2.26 bits per heavy atom. The Hall–Kier alpha value is -4.29. The fourth-order valence-electron chi connectivity index (χ4n) is 7.42. The normalized spacial score (nSPS) is 23.1. The van der Waals surface area contributed by atoms with Gasteiger partial charge in [0.15, 0.2) is 0 Å². The van der Waals surface area contributed by atoms with Gasteiger partial charge < -0.3 is 14.8 Å². The van der Waals surface area contributed by atoms with Crippen molar-refractivity contribution in [3.8, 4) is 11.6 Å². The maximum Gasteiger partial charge on any atom is 0.254 e. The smallest absolute Gasteiger partial charge is 0.254 e. The molecule has 1 aliphatic heterocycles. The molecule has 0 bridgehead atoms. The van der Waals surface area contributed by atoms with E-state index in [9.17, 15) is 31.2 Å². The Morgan fingerprint density at radius 1 is 1.02 bits per heavy atom. The number of aromatic nitrogens is 1. The molecule has 1 aromatic heterocycles. The number of carbonyl (C=O) groups excluding carboxylic acids is 3. The molecular weight excluding hydrogens is 808 g/mol. The topological polar surface area (TPSA) is 202 Å². The number of hydrogen-bond donors (Lipinski definition) is 4. The number of pyridine rings is 1. The first-order valence-electron chi connectivity index (χ1n) is 19.0. The van der Waals surface area contributed by atoms with Gasteiger partial charge in [0, 0.05) is 45.9 Å². The molecule has 6 rings (SSSR count). The first-order valence-corrected chi connectivity index (χ1v) is 22.4. The van der Waals surface area contributed by atoms with Crippen molar-refractivity contribution in [1.29, 1.82) is 0 Å². The maximum atomic E-state index is 14.4. The van der Waals surface area contributed by atoms with Crippen LogP contribution < -0.4 is 29.6 Å². The molecule has 3 fully saturated rings. The third-order valence-corrected chi connectivity index (χ3v) is 14.3. The molecule has 3 amide bonds. The van der Waals surface area contributed by atoms with E-state index in [1.54, 1.807) is 49.9 Å². The number of amides is 3. The third kappa shape index (κ3) is 9.13. The second-order valence-corrected chi connectivity index (χ2v) is 21.4. The number of halogens is 1. The van der Waals surface area contributed by atoms with Crippen LogP contribution in [-0.4, -0.2) is 92.6 Å². The third-order valence-electron chi connectivity index (χ3n) is 10.5. The molecule has 5 atom stereocenters. The molecular formula is C40H51ClN6O9S2. The highest BCUT2D eigenvalue weighted by molar-refractivity contribution is 7.91. The number of rotatable bonds is 14. The van der Waals surface area contributed by atoms with E-state index in [0.29, 0.717) is 40.1 Å². The predicted molar refractivity (Wildman–Crippen MR) is 220 cm³/mol. The van der Waals surface area contributed by atoms with Gasteiger partial charge >= 0.3 is 0 Å². The molecule has 15 nitrogen and oxygen atoms in total. The fourth-order valence-corrected chi connectivity index (χ4v) is 10.4. The molecule has 18 heteroatoms. The fraction of sp³-hybridized carbons (Fsp3) is 0.500. The lowest BCUT2D eigenvalue weighted by Crippen LogP contribution is -2.59. The van der Waals surface area contributed by atoms with Crippen LogP contribution in [0.1, 0.15) is 67.2 Å². The maximum absolute atomic E-state index is 14.4. The number of ether oxygens (including phenoxy) is 2. The van der Waals surface area contributed by atoms with Gasteiger partial charge in [0.2, 0.25) is 37.7 Å². The van der Waals surface area contributed by atoms with E-state index in [-0.39, 0.29) is 30.2 Å². The van der Waals surface area contributed by atoms with Crippen LogP contribution >= 0.6 is 11.6 Å². The SMILES string of the molecule is C=C[C@@H]1C[C@@]1(C(=O)NS(=O)(=O)C1CC1)N1C[C@H](Oc2ncc(OC)c3ccc(Cl)cc23)C[C@H]1C(=O)NC(=O)[C@H](Nc1ccc(S(=O)(=O)NC(C)(C)C)cc1)C(C)(C)C. The zero-order chi connectivity index (χ0) is 42.6. The summed E-state index contributed by atoms with van der Waals surface area (Å²) in [5, 5.41) is 6.71. The van der Waals surface area contributed by atoms with Crippen LogP contribution in [0.15, 0.2) is 66.2 Å². The van der Waals surface area contributed by atoms with Gasteiger partial charge in [-0.1, -0.05) is 38.4 Å². The van der Waals surface area contributed by atoms with Crippen molar-refractivity contribution in [2.24, 2.45) is 11.3 Å². The summed E-state index contributed by atoms with van der Waals surface area (Å²) in [4.78, 5) is 48.7. The minimum atomic E-state index is -3.95. The second-order valence-electron chi connectivity index (χ2n) is 17.3. The van der Waals surface area contributed by atoms with Crippen LogP contribution in [0.4, 0.5) is 5.69 Å². The molecule has 1 saturated heterocycles. The van der Waals surface area contributed by atoms with Gasteiger partial charge in [0.1, 0.15) is 23.4 Å². The average Bonchev–Trinajstić information content (AvgIpc) is 4.06. The molecule has 2 aliphatic carbocycles. The summed E-state index contributed by atoms with van der Waals surface area (Å²) in [5.74, 6) is -1.97. The number of methoxy groups -OCH3 is 1. The minimum absolute atomic E-state index is 0.00353. The van der Waals surface area contributed by atoms with E-state index < -0.39 is 83.6 Å².